The van der Waals surface area contributed by atoms with E-state index in [1.54, 1.807) is 0 Å². The molecule has 3 unspecified atom stereocenters. The van der Waals surface area contributed by atoms with E-state index in [0.717, 1.165) is 12.5 Å². The van der Waals surface area contributed by atoms with E-state index < -0.39 is 0 Å². The third-order valence-corrected chi connectivity index (χ3v) is 6.40. The molecule has 0 aliphatic heterocycles. The van der Waals surface area contributed by atoms with Crippen molar-refractivity contribution in [1.29, 1.82) is 0 Å². The Morgan fingerprint density at radius 1 is 1.15 bits per heavy atom. The molecular weight excluding hydrogens is 242 g/mol. The quantitative estimate of drug-likeness (QED) is 0.846. The second-order valence-electron chi connectivity index (χ2n) is 8.10. The van der Waals surface area contributed by atoms with Gasteiger partial charge in [0, 0.05) is 12.6 Å². The summed E-state index contributed by atoms with van der Waals surface area (Å²) in [6.45, 7) is 12.9. The Morgan fingerprint density at radius 2 is 1.80 bits per heavy atom. The van der Waals surface area contributed by atoms with Crippen LogP contribution in [0.25, 0.3) is 0 Å². The molecule has 0 aromatic heterocycles. The number of rotatable bonds is 3. The largest absolute Gasteiger partial charge is 0.309 e. The van der Waals surface area contributed by atoms with E-state index in [4.69, 9.17) is 0 Å². The molecule has 2 aliphatic carbocycles. The molecule has 2 fully saturated rings. The molecule has 0 heterocycles. The number of fused-ring (bicyclic) bond motifs is 2. The zero-order valence-electron chi connectivity index (χ0n) is 13.7. The highest BCUT2D eigenvalue weighted by Gasteiger charge is 2.58. The maximum Gasteiger partial charge on any atom is 0.0213 e. The fourth-order valence-corrected chi connectivity index (χ4v) is 5.14. The van der Waals surface area contributed by atoms with Crippen molar-refractivity contribution in [3.8, 4) is 0 Å². The summed E-state index contributed by atoms with van der Waals surface area (Å²) in [4.78, 5) is 0. The number of nitrogens with one attached hydrogen (secondary N) is 1. The van der Waals surface area contributed by atoms with E-state index in [-0.39, 0.29) is 0 Å². The first-order valence-corrected chi connectivity index (χ1v) is 8.13. The van der Waals surface area contributed by atoms with Crippen LogP contribution in [0.3, 0.4) is 0 Å². The van der Waals surface area contributed by atoms with Gasteiger partial charge in [-0.1, -0.05) is 39.0 Å². The standard InChI is InChI=1S/C19H29N/c1-13-7-6-8-14(2)16(13)12-20-17-18(3,4)15-9-10-19(17,5)11-15/h6-8,15,17,20H,9-12H2,1-5H3. The van der Waals surface area contributed by atoms with E-state index in [9.17, 15) is 0 Å². The van der Waals surface area contributed by atoms with Gasteiger partial charge in [-0.3, -0.25) is 0 Å². The van der Waals surface area contributed by atoms with Crippen LogP contribution in [-0.2, 0) is 6.54 Å². The molecule has 3 rings (SSSR count). The highest BCUT2D eigenvalue weighted by molar-refractivity contribution is 5.33. The minimum atomic E-state index is 0.448. The molecule has 1 heteroatoms. The molecule has 0 saturated heterocycles. The molecule has 110 valence electrons. The van der Waals surface area contributed by atoms with Crippen molar-refractivity contribution in [1.82, 2.24) is 5.32 Å². The minimum Gasteiger partial charge on any atom is -0.309 e. The first kappa shape index (κ1) is 14.1. The predicted molar refractivity (Wildman–Crippen MR) is 85.8 cm³/mol. The molecule has 1 N–H and O–H groups in total. The Balaban J connectivity index is 1.79. The van der Waals surface area contributed by atoms with Crippen LogP contribution in [-0.4, -0.2) is 6.04 Å². The number of hydrogen-bond acceptors (Lipinski definition) is 1. The summed E-state index contributed by atoms with van der Waals surface area (Å²) in [6.07, 6.45) is 4.26. The summed E-state index contributed by atoms with van der Waals surface area (Å²) in [5.74, 6) is 0.919. The molecule has 0 amide bonds. The molecule has 3 atom stereocenters. The van der Waals surface area contributed by atoms with Crippen molar-refractivity contribution >= 4 is 0 Å². The van der Waals surface area contributed by atoms with Crippen LogP contribution >= 0.6 is 0 Å². The monoisotopic (exact) mass is 271 g/mol. The Labute approximate surface area is 124 Å². The van der Waals surface area contributed by atoms with Gasteiger partial charge in [-0.05, 0) is 66.5 Å². The fourth-order valence-electron chi connectivity index (χ4n) is 5.14. The van der Waals surface area contributed by atoms with E-state index in [2.05, 4.69) is 58.1 Å². The molecule has 1 aromatic rings. The Hall–Kier alpha value is -0.820. The number of benzene rings is 1. The minimum absolute atomic E-state index is 0.448. The topological polar surface area (TPSA) is 12.0 Å². The molecule has 2 aliphatic rings. The Kier molecular flexibility index (Phi) is 3.25. The maximum absolute atomic E-state index is 3.94. The van der Waals surface area contributed by atoms with Crippen LogP contribution in [0.4, 0.5) is 0 Å². The van der Waals surface area contributed by atoms with E-state index in [0.29, 0.717) is 16.9 Å². The zero-order chi connectivity index (χ0) is 14.5. The summed E-state index contributed by atoms with van der Waals surface area (Å²) < 4.78 is 0. The molecular formula is C19H29N. The summed E-state index contributed by atoms with van der Waals surface area (Å²) in [6, 6.07) is 7.29. The summed E-state index contributed by atoms with van der Waals surface area (Å²) in [5, 5.41) is 3.94. The summed E-state index contributed by atoms with van der Waals surface area (Å²) >= 11 is 0. The van der Waals surface area contributed by atoms with E-state index in [1.807, 2.05) is 0 Å². The van der Waals surface area contributed by atoms with Crippen LogP contribution in [0.5, 0.6) is 0 Å². The molecule has 20 heavy (non-hydrogen) atoms. The lowest BCUT2D eigenvalue weighted by atomic mass is 9.68. The lowest BCUT2D eigenvalue weighted by molar-refractivity contribution is 0.108. The maximum atomic E-state index is 3.94. The van der Waals surface area contributed by atoms with Gasteiger partial charge in [-0.2, -0.15) is 0 Å². The fraction of sp³-hybridized carbons (Fsp3) is 0.684. The smallest absolute Gasteiger partial charge is 0.0213 e. The van der Waals surface area contributed by atoms with Gasteiger partial charge in [0.05, 0.1) is 0 Å². The Morgan fingerprint density at radius 3 is 2.35 bits per heavy atom. The van der Waals surface area contributed by atoms with Gasteiger partial charge in [0.25, 0.3) is 0 Å². The van der Waals surface area contributed by atoms with E-state index >= 15 is 0 Å². The van der Waals surface area contributed by atoms with Gasteiger partial charge in [-0.15, -0.1) is 0 Å². The lowest BCUT2D eigenvalue weighted by Gasteiger charge is -2.43. The highest BCUT2D eigenvalue weighted by atomic mass is 15.0. The Bertz CT molecular complexity index is 491. The molecule has 2 saturated carbocycles. The third-order valence-electron chi connectivity index (χ3n) is 6.40. The van der Waals surface area contributed by atoms with Gasteiger partial charge < -0.3 is 5.32 Å². The van der Waals surface area contributed by atoms with Crippen LogP contribution in [0.1, 0.15) is 56.7 Å². The van der Waals surface area contributed by atoms with Gasteiger partial charge in [0.15, 0.2) is 0 Å². The molecule has 2 bridgehead atoms. The van der Waals surface area contributed by atoms with Crippen molar-refractivity contribution in [2.45, 2.75) is 66.5 Å². The van der Waals surface area contributed by atoms with Crippen LogP contribution in [0.2, 0.25) is 0 Å². The van der Waals surface area contributed by atoms with Gasteiger partial charge >= 0.3 is 0 Å². The zero-order valence-corrected chi connectivity index (χ0v) is 13.7. The van der Waals surface area contributed by atoms with Crippen molar-refractivity contribution in [2.75, 3.05) is 0 Å². The average molecular weight is 271 g/mol. The summed E-state index contributed by atoms with van der Waals surface area (Å²) in [7, 11) is 0. The third kappa shape index (κ3) is 2.02. The lowest BCUT2D eigenvalue weighted by Crippen LogP contribution is -2.50. The second kappa shape index (κ2) is 4.59. The van der Waals surface area contributed by atoms with Gasteiger partial charge in [0.1, 0.15) is 0 Å². The second-order valence-corrected chi connectivity index (χ2v) is 8.10. The van der Waals surface area contributed by atoms with Crippen LogP contribution < -0.4 is 5.32 Å². The van der Waals surface area contributed by atoms with Gasteiger partial charge in [-0.25, -0.2) is 0 Å². The first-order chi connectivity index (χ1) is 9.34. The number of hydrogen-bond donors (Lipinski definition) is 1. The van der Waals surface area contributed by atoms with Crippen molar-refractivity contribution < 1.29 is 0 Å². The molecule has 0 radical (unpaired) electrons. The molecule has 1 nitrogen and oxygen atoms in total. The first-order valence-electron chi connectivity index (χ1n) is 8.13. The van der Waals surface area contributed by atoms with Gasteiger partial charge in [0.2, 0.25) is 0 Å². The number of aryl methyl sites for hydroxylation is 2. The van der Waals surface area contributed by atoms with Crippen LogP contribution in [0, 0.1) is 30.6 Å². The average Bonchev–Trinajstić information content (AvgIpc) is 2.83. The van der Waals surface area contributed by atoms with Crippen molar-refractivity contribution in [3.63, 3.8) is 0 Å². The van der Waals surface area contributed by atoms with Crippen LogP contribution in [0.15, 0.2) is 18.2 Å². The van der Waals surface area contributed by atoms with Crippen molar-refractivity contribution in [2.24, 2.45) is 16.7 Å². The van der Waals surface area contributed by atoms with E-state index in [1.165, 1.54) is 36.0 Å². The highest BCUT2D eigenvalue weighted by Crippen LogP contribution is 2.62. The SMILES string of the molecule is Cc1cccc(C)c1CNC1C2(C)CCC(C2)C1(C)C. The molecule has 0 spiro atoms. The predicted octanol–water partition coefficient (Wildman–Crippen LogP) is 4.61. The summed E-state index contributed by atoms with van der Waals surface area (Å²) in [5.41, 5.74) is 5.30. The normalized spacial score (nSPS) is 34.6. The molecule has 1 aromatic carbocycles. The van der Waals surface area contributed by atoms with Crippen molar-refractivity contribution in [3.05, 3.63) is 34.9 Å².